The van der Waals surface area contributed by atoms with Crippen molar-refractivity contribution in [2.75, 3.05) is 0 Å². The second kappa shape index (κ2) is 13.6. The Balaban J connectivity index is 0.00000363. The zero-order valence-electron chi connectivity index (χ0n) is 19.3. The maximum atomic E-state index is 13.1. The molecule has 0 saturated heterocycles. The third kappa shape index (κ3) is 7.54. The van der Waals surface area contributed by atoms with Crippen LogP contribution in [0.2, 0.25) is 0 Å². The van der Waals surface area contributed by atoms with Gasteiger partial charge in [-0.1, -0.05) is 13.3 Å². The molecule has 1 N–H and O–H groups in total. The summed E-state index contributed by atoms with van der Waals surface area (Å²) in [5.41, 5.74) is -0.103. The molecule has 1 aromatic heterocycles. The van der Waals surface area contributed by atoms with E-state index in [1.54, 1.807) is 0 Å². The van der Waals surface area contributed by atoms with Crippen molar-refractivity contribution < 1.29 is 120 Å². The van der Waals surface area contributed by atoms with Crippen molar-refractivity contribution in [1.82, 2.24) is 9.36 Å². The average Bonchev–Trinajstić information content (AvgIpc) is 2.95. The molecule has 0 radical (unpaired) electrons. The van der Waals surface area contributed by atoms with Gasteiger partial charge in [-0.25, -0.2) is 26.2 Å². The van der Waals surface area contributed by atoms with Gasteiger partial charge in [-0.15, -0.1) is 0 Å². The number of nitrogens with zero attached hydrogens (tertiary/aromatic N) is 2. The van der Waals surface area contributed by atoms with Gasteiger partial charge < -0.3 is 14.2 Å². The second-order valence-corrected chi connectivity index (χ2v) is 9.49. The first-order valence-corrected chi connectivity index (χ1v) is 12.0. The zero-order chi connectivity index (χ0) is 23.0. The summed E-state index contributed by atoms with van der Waals surface area (Å²) in [6, 6.07) is 9.15. The predicted octanol–water partition coefficient (Wildman–Crippen LogP) is -7.50. The van der Waals surface area contributed by atoms with Crippen LogP contribution in [-0.2, 0) is 26.7 Å². The Bertz CT molecular complexity index is 1380. The number of aromatic hydroxyl groups is 1. The van der Waals surface area contributed by atoms with Gasteiger partial charge in [0.2, 0.25) is 5.88 Å². The molecule has 10 nitrogen and oxygen atoms in total. The molecule has 1 heterocycles. The number of hydrogen-bond donors (Lipinski definition) is 1. The summed E-state index contributed by atoms with van der Waals surface area (Å²) in [5, 5.41) is 10.8. The maximum absolute atomic E-state index is 13.1. The fraction of sp³-hybridized carbons (Fsp3) is 0.211. The molecule has 0 bridgehead atoms. The third-order valence-corrected chi connectivity index (χ3v) is 6.34. The summed E-state index contributed by atoms with van der Waals surface area (Å²) in [6.07, 6.45) is 1.65. The molecule has 0 aliphatic carbocycles. The summed E-state index contributed by atoms with van der Waals surface area (Å²) < 4.78 is 69.3. The largest absolute Gasteiger partial charge is 1.00 e. The third-order valence-electron chi connectivity index (χ3n) is 4.64. The molecule has 0 aliphatic heterocycles. The van der Waals surface area contributed by atoms with Crippen LogP contribution in [0.1, 0.15) is 25.3 Å². The molecule has 0 spiro atoms. The van der Waals surface area contributed by atoms with Crippen LogP contribution < -0.4 is 94.2 Å². The minimum absolute atomic E-state index is 0. The Morgan fingerprint density at radius 2 is 1.15 bits per heavy atom. The van der Waals surface area contributed by atoms with E-state index in [0.717, 1.165) is 40.0 Å². The number of rotatable bonds is 7. The summed E-state index contributed by atoms with van der Waals surface area (Å²) in [4.78, 5) is 12.1. The standard InChI is InChI=1S/C19H20N2O8S2.3Na/c1-2-3-4-17-18(22)20(13-5-9-15(10-6-13)30(24,25)26)21(19(17)23)14-7-11-16(12-8-14)31(27,28)29;;;/h5-12,22H,2-4H2,1H3,(H,24,25,26)(H,27,28,29);;;/q;3*+1/p-2. The first-order valence-electron chi connectivity index (χ1n) is 9.13. The van der Waals surface area contributed by atoms with Crippen LogP contribution in [0, 0.1) is 0 Å². The quantitative estimate of drug-likeness (QED) is 0.231. The molecule has 15 heteroatoms. The van der Waals surface area contributed by atoms with Crippen LogP contribution in [0.15, 0.2) is 63.1 Å². The average molecular weight is 535 g/mol. The van der Waals surface area contributed by atoms with Crippen molar-refractivity contribution in [3.8, 4) is 17.3 Å². The molecule has 3 rings (SSSR count). The normalized spacial score (nSPS) is 11.1. The van der Waals surface area contributed by atoms with Crippen molar-refractivity contribution >= 4 is 20.2 Å². The van der Waals surface area contributed by atoms with Gasteiger partial charge in [-0.05, 0) is 61.4 Å². The van der Waals surface area contributed by atoms with Crippen LogP contribution in [-0.4, -0.2) is 40.4 Å². The molecule has 0 atom stereocenters. The second-order valence-electron chi connectivity index (χ2n) is 6.73. The van der Waals surface area contributed by atoms with Crippen LogP contribution in [0.25, 0.3) is 11.4 Å². The smallest absolute Gasteiger partial charge is 0.744 e. The molecule has 0 aliphatic rings. The van der Waals surface area contributed by atoms with E-state index in [-0.39, 0.29) is 118 Å². The first kappa shape index (κ1) is 34.1. The van der Waals surface area contributed by atoms with Crippen LogP contribution in [0.5, 0.6) is 5.88 Å². The topological polar surface area (TPSA) is 162 Å². The molecule has 0 amide bonds. The number of unbranched alkanes of at least 4 members (excludes halogenated alkanes) is 1. The van der Waals surface area contributed by atoms with E-state index in [4.69, 9.17) is 0 Å². The van der Waals surface area contributed by atoms with Crippen LogP contribution in [0.4, 0.5) is 0 Å². The SMILES string of the molecule is CCCCc1c(O)n(-c2ccc(S(=O)(=O)[O-])cc2)n(-c2ccc(S(=O)(=O)[O-])cc2)c1=O.[Na+].[Na+].[Na+]. The Hall–Kier alpha value is 0.0700. The van der Waals surface area contributed by atoms with Crippen molar-refractivity contribution in [2.45, 2.75) is 36.0 Å². The van der Waals surface area contributed by atoms with Gasteiger partial charge in [0.05, 0.1) is 26.7 Å². The molecule has 0 saturated carbocycles. The minimum atomic E-state index is -4.69. The molecule has 2 aromatic carbocycles. The van der Waals surface area contributed by atoms with Crippen molar-refractivity contribution in [2.24, 2.45) is 0 Å². The van der Waals surface area contributed by atoms with Crippen molar-refractivity contribution in [3.63, 3.8) is 0 Å². The molecule has 3 aromatic rings. The van der Waals surface area contributed by atoms with Gasteiger partial charge in [-0.2, -0.15) is 0 Å². The van der Waals surface area contributed by atoms with E-state index < -0.39 is 35.6 Å². The summed E-state index contributed by atoms with van der Waals surface area (Å²) in [5.74, 6) is -0.378. The molecule has 0 fully saturated rings. The number of aromatic nitrogens is 2. The van der Waals surface area contributed by atoms with Gasteiger partial charge in [0.1, 0.15) is 20.2 Å². The predicted molar refractivity (Wildman–Crippen MR) is 108 cm³/mol. The Morgan fingerprint density at radius 3 is 1.50 bits per heavy atom. The summed E-state index contributed by atoms with van der Waals surface area (Å²) in [6.45, 7) is 1.91. The summed E-state index contributed by atoms with van der Waals surface area (Å²) >= 11 is 0. The number of benzene rings is 2. The van der Waals surface area contributed by atoms with Gasteiger partial charge >= 0.3 is 88.7 Å². The molecular weight excluding hydrogens is 517 g/mol. The van der Waals surface area contributed by atoms with E-state index in [1.165, 1.54) is 24.3 Å². The Morgan fingerprint density at radius 1 is 0.765 bits per heavy atom. The fourth-order valence-electron chi connectivity index (χ4n) is 3.09. The van der Waals surface area contributed by atoms with Gasteiger partial charge in [0, 0.05) is 0 Å². The molecule has 34 heavy (non-hydrogen) atoms. The van der Waals surface area contributed by atoms with Crippen molar-refractivity contribution in [1.29, 1.82) is 0 Å². The monoisotopic (exact) mass is 535 g/mol. The van der Waals surface area contributed by atoms with Crippen molar-refractivity contribution in [3.05, 3.63) is 64.4 Å². The van der Waals surface area contributed by atoms with E-state index in [0.29, 0.717) is 6.42 Å². The van der Waals surface area contributed by atoms with E-state index in [2.05, 4.69) is 0 Å². The number of hydrogen-bond acceptors (Lipinski definition) is 8. The van der Waals surface area contributed by atoms with E-state index >= 15 is 0 Å². The zero-order valence-corrected chi connectivity index (χ0v) is 26.9. The van der Waals surface area contributed by atoms with E-state index in [9.17, 15) is 35.8 Å². The van der Waals surface area contributed by atoms with Crippen LogP contribution >= 0.6 is 0 Å². The molecule has 166 valence electrons. The maximum Gasteiger partial charge on any atom is 1.00 e. The van der Waals surface area contributed by atoms with E-state index in [1.807, 2.05) is 6.92 Å². The van der Waals surface area contributed by atoms with Gasteiger partial charge in [-0.3, -0.25) is 4.79 Å². The van der Waals surface area contributed by atoms with Gasteiger partial charge in [0.25, 0.3) is 5.56 Å². The minimum Gasteiger partial charge on any atom is -0.744 e. The van der Waals surface area contributed by atoms with Gasteiger partial charge in [0.15, 0.2) is 0 Å². The van der Waals surface area contributed by atoms with Crippen LogP contribution in [0.3, 0.4) is 0 Å². The molecule has 0 unspecified atom stereocenters. The first-order chi connectivity index (χ1) is 14.4. The fourth-order valence-corrected chi connectivity index (χ4v) is 4.03. The Labute approximate surface area is 263 Å². The summed E-state index contributed by atoms with van der Waals surface area (Å²) in [7, 11) is -9.37. The molecular formula is C19H18N2Na3O8S2+. The Kier molecular flexibility index (Phi) is 13.6.